The molecule has 0 spiro atoms. The predicted octanol–water partition coefficient (Wildman–Crippen LogP) is 1.51. The Kier molecular flexibility index (Phi) is 6.54. The number of amides is 2. The summed E-state index contributed by atoms with van der Waals surface area (Å²) in [7, 11) is 0. The van der Waals surface area contributed by atoms with Crippen molar-refractivity contribution >= 4 is 24.4 Å². The minimum absolute atomic E-state index is 0.109. The van der Waals surface area contributed by atoms with Gasteiger partial charge in [0.2, 0.25) is 11.8 Å². The Morgan fingerprint density at radius 2 is 2.11 bits per heavy atom. The van der Waals surface area contributed by atoms with Crippen molar-refractivity contribution < 1.29 is 9.59 Å². The predicted molar refractivity (Wildman–Crippen MR) is 75.6 cm³/mol. The molecule has 3 atom stereocenters. The van der Waals surface area contributed by atoms with Gasteiger partial charge in [0, 0.05) is 18.7 Å². The third kappa shape index (κ3) is 4.88. The maximum Gasteiger partial charge on any atom is 0.243 e. The van der Waals surface area contributed by atoms with Gasteiger partial charge in [-0.3, -0.25) is 9.59 Å². The molecule has 3 unspecified atom stereocenters. The Morgan fingerprint density at radius 3 is 2.67 bits per heavy atom. The lowest BCUT2D eigenvalue weighted by molar-refractivity contribution is -0.128. The van der Waals surface area contributed by atoms with Crippen LogP contribution in [0.5, 0.6) is 0 Å². The molecule has 0 aliphatic heterocycles. The smallest absolute Gasteiger partial charge is 0.243 e. The second kappa shape index (κ2) is 7.67. The van der Waals surface area contributed by atoms with Crippen molar-refractivity contribution in [3.8, 4) is 0 Å². The zero-order valence-corrected chi connectivity index (χ0v) is 12.1. The van der Waals surface area contributed by atoms with Crippen LogP contribution >= 0.6 is 12.6 Å². The number of rotatable bonds is 5. The summed E-state index contributed by atoms with van der Waals surface area (Å²) >= 11 is 4.11. The van der Waals surface area contributed by atoms with Gasteiger partial charge in [0.05, 0.1) is 0 Å². The minimum Gasteiger partial charge on any atom is -0.352 e. The van der Waals surface area contributed by atoms with Crippen LogP contribution in [0.2, 0.25) is 0 Å². The van der Waals surface area contributed by atoms with E-state index in [0.717, 1.165) is 18.8 Å². The van der Waals surface area contributed by atoms with Gasteiger partial charge in [-0.1, -0.05) is 26.2 Å². The van der Waals surface area contributed by atoms with Gasteiger partial charge < -0.3 is 10.6 Å². The Balaban J connectivity index is 2.44. The second-order valence-electron chi connectivity index (χ2n) is 5.08. The second-order valence-corrected chi connectivity index (χ2v) is 5.45. The fraction of sp³-hybridized carbons (Fsp3) is 0.846. The largest absolute Gasteiger partial charge is 0.352 e. The summed E-state index contributed by atoms with van der Waals surface area (Å²) in [5.74, 6) is 0.746. The van der Waals surface area contributed by atoms with Gasteiger partial charge in [-0.05, 0) is 18.8 Å². The Labute approximate surface area is 115 Å². The number of thiol groups is 1. The molecule has 0 aromatic heterocycles. The monoisotopic (exact) mass is 272 g/mol. The molecule has 1 aliphatic rings. The van der Waals surface area contributed by atoms with Gasteiger partial charge >= 0.3 is 0 Å². The third-order valence-corrected chi connectivity index (χ3v) is 3.95. The van der Waals surface area contributed by atoms with E-state index in [1.165, 1.54) is 26.2 Å². The normalized spacial score (nSPS) is 25.3. The minimum atomic E-state index is -0.521. The van der Waals surface area contributed by atoms with Gasteiger partial charge in [-0.2, -0.15) is 12.6 Å². The first-order valence-electron chi connectivity index (χ1n) is 6.75. The number of hydrogen-bond donors (Lipinski definition) is 3. The highest BCUT2D eigenvalue weighted by Gasteiger charge is 2.25. The fourth-order valence-corrected chi connectivity index (χ4v) is 2.79. The van der Waals surface area contributed by atoms with Crippen LogP contribution in [-0.4, -0.2) is 29.7 Å². The number of nitrogens with one attached hydrogen (secondary N) is 2. The van der Waals surface area contributed by atoms with E-state index < -0.39 is 6.04 Å². The molecular formula is C13H24N2O2S. The first kappa shape index (κ1) is 15.3. The number of hydrogen-bond acceptors (Lipinski definition) is 3. The van der Waals surface area contributed by atoms with E-state index in [1.807, 2.05) is 0 Å². The third-order valence-electron chi connectivity index (χ3n) is 3.58. The zero-order chi connectivity index (χ0) is 13.5. The summed E-state index contributed by atoms with van der Waals surface area (Å²) < 4.78 is 0. The summed E-state index contributed by atoms with van der Waals surface area (Å²) in [4.78, 5) is 23.0. The van der Waals surface area contributed by atoms with E-state index in [-0.39, 0.29) is 17.9 Å². The van der Waals surface area contributed by atoms with Crippen LogP contribution < -0.4 is 10.6 Å². The van der Waals surface area contributed by atoms with E-state index >= 15 is 0 Å². The molecule has 0 heterocycles. The van der Waals surface area contributed by atoms with Crippen LogP contribution in [0, 0.1) is 5.92 Å². The molecule has 1 aliphatic carbocycles. The molecule has 5 heteroatoms. The Bertz CT molecular complexity index is 297. The lowest BCUT2D eigenvalue weighted by atomic mass is 9.84. The van der Waals surface area contributed by atoms with Crippen molar-refractivity contribution in [3.05, 3.63) is 0 Å². The standard InChI is InChI=1S/C13H24N2O2S/c1-3-10-5-4-6-11(7-10)15-13(17)12(8-18)14-9(2)16/h10-12,18H,3-8H2,1-2H3,(H,14,16)(H,15,17). The summed E-state index contributed by atoms with van der Waals surface area (Å²) in [6.45, 7) is 3.61. The van der Waals surface area contributed by atoms with Crippen molar-refractivity contribution in [2.75, 3.05) is 5.75 Å². The van der Waals surface area contributed by atoms with Crippen LogP contribution in [0.4, 0.5) is 0 Å². The SMILES string of the molecule is CCC1CCCC(NC(=O)C(CS)NC(C)=O)C1. The van der Waals surface area contributed by atoms with Crippen LogP contribution in [0.15, 0.2) is 0 Å². The molecule has 0 radical (unpaired) electrons. The summed E-state index contributed by atoms with van der Waals surface area (Å²) in [5.41, 5.74) is 0. The topological polar surface area (TPSA) is 58.2 Å². The van der Waals surface area contributed by atoms with Crippen molar-refractivity contribution in [1.29, 1.82) is 0 Å². The average molecular weight is 272 g/mol. The average Bonchev–Trinajstić information content (AvgIpc) is 2.35. The molecule has 1 rings (SSSR count). The number of carbonyl (C=O) groups is 2. The summed E-state index contributed by atoms with van der Waals surface area (Å²) in [6.07, 6.45) is 5.72. The molecule has 0 saturated heterocycles. The molecule has 2 amide bonds. The number of carbonyl (C=O) groups excluding carboxylic acids is 2. The molecule has 1 fully saturated rings. The van der Waals surface area contributed by atoms with E-state index in [2.05, 4.69) is 30.2 Å². The summed E-state index contributed by atoms with van der Waals surface area (Å²) in [5, 5.41) is 5.65. The van der Waals surface area contributed by atoms with Crippen LogP contribution in [0.25, 0.3) is 0 Å². The molecule has 2 N–H and O–H groups in total. The van der Waals surface area contributed by atoms with Crippen molar-refractivity contribution in [1.82, 2.24) is 10.6 Å². The van der Waals surface area contributed by atoms with Gasteiger partial charge in [0.25, 0.3) is 0 Å². The highest BCUT2D eigenvalue weighted by molar-refractivity contribution is 7.80. The molecule has 0 aromatic carbocycles. The van der Waals surface area contributed by atoms with E-state index in [9.17, 15) is 9.59 Å². The fourth-order valence-electron chi connectivity index (χ4n) is 2.53. The lowest BCUT2D eigenvalue weighted by Crippen LogP contribution is -2.51. The molecule has 1 saturated carbocycles. The molecule has 4 nitrogen and oxygen atoms in total. The molecule has 0 aromatic rings. The highest BCUT2D eigenvalue weighted by Crippen LogP contribution is 2.26. The highest BCUT2D eigenvalue weighted by atomic mass is 32.1. The molecule has 18 heavy (non-hydrogen) atoms. The maximum absolute atomic E-state index is 12.0. The van der Waals surface area contributed by atoms with Gasteiger partial charge in [0.15, 0.2) is 0 Å². The van der Waals surface area contributed by atoms with Gasteiger partial charge in [-0.15, -0.1) is 0 Å². The Morgan fingerprint density at radius 1 is 1.39 bits per heavy atom. The van der Waals surface area contributed by atoms with Gasteiger partial charge in [-0.25, -0.2) is 0 Å². The van der Waals surface area contributed by atoms with Crippen LogP contribution in [-0.2, 0) is 9.59 Å². The molecule has 104 valence electrons. The van der Waals surface area contributed by atoms with E-state index in [0.29, 0.717) is 5.75 Å². The van der Waals surface area contributed by atoms with Crippen LogP contribution in [0.1, 0.15) is 46.0 Å². The molecule has 0 bridgehead atoms. The first-order valence-corrected chi connectivity index (χ1v) is 7.38. The lowest BCUT2D eigenvalue weighted by Gasteiger charge is -2.30. The maximum atomic E-state index is 12.0. The van der Waals surface area contributed by atoms with Crippen molar-refractivity contribution in [2.45, 2.75) is 58.0 Å². The summed E-state index contributed by atoms with van der Waals surface area (Å²) in [6, 6.07) is -0.264. The van der Waals surface area contributed by atoms with Crippen LogP contribution in [0.3, 0.4) is 0 Å². The zero-order valence-electron chi connectivity index (χ0n) is 11.2. The van der Waals surface area contributed by atoms with E-state index in [4.69, 9.17) is 0 Å². The first-order chi connectivity index (χ1) is 8.56. The van der Waals surface area contributed by atoms with Gasteiger partial charge in [0.1, 0.15) is 6.04 Å². The quantitative estimate of drug-likeness (QED) is 0.664. The van der Waals surface area contributed by atoms with Crippen molar-refractivity contribution in [3.63, 3.8) is 0 Å². The Hall–Kier alpha value is -0.710. The van der Waals surface area contributed by atoms with E-state index in [1.54, 1.807) is 0 Å². The van der Waals surface area contributed by atoms with Crippen molar-refractivity contribution in [2.24, 2.45) is 5.92 Å². The molecular weight excluding hydrogens is 248 g/mol.